The summed E-state index contributed by atoms with van der Waals surface area (Å²) in [5, 5.41) is 2.62. The second-order valence-electron chi connectivity index (χ2n) is 6.61. The number of carbonyl (C=O) groups is 1. The summed E-state index contributed by atoms with van der Waals surface area (Å²) in [5.74, 6) is 1.87. The molecule has 3 rings (SSSR count). The van der Waals surface area contributed by atoms with E-state index in [1.165, 1.54) is 17.3 Å². The van der Waals surface area contributed by atoms with Crippen LogP contribution in [0.2, 0.25) is 0 Å². The predicted octanol–water partition coefficient (Wildman–Crippen LogP) is 5.91. The van der Waals surface area contributed by atoms with Gasteiger partial charge in [0, 0.05) is 10.0 Å². The van der Waals surface area contributed by atoms with Crippen molar-refractivity contribution in [3.63, 3.8) is 0 Å². The van der Waals surface area contributed by atoms with E-state index in [9.17, 15) is 4.79 Å². The lowest BCUT2D eigenvalue weighted by atomic mass is 9.99. The highest BCUT2D eigenvalue weighted by atomic mass is 79.9. The minimum absolute atomic E-state index is 0.185. The summed E-state index contributed by atoms with van der Waals surface area (Å²) >= 11 is 9.76. The Hall–Kier alpha value is -1.83. The fraction of sp³-hybridized carbons (Fsp3) is 0.273. The molecular formula is C22H22BrNO3S2. The maximum absolute atomic E-state index is 11.9. The molecule has 1 heterocycles. The number of ether oxygens (including phenoxy) is 2. The van der Waals surface area contributed by atoms with Crippen LogP contribution in [0.15, 0.2) is 51.8 Å². The van der Waals surface area contributed by atoms with Crippen LogP contribution in [0.4, 0.5) is 0 Å². The molecule has 2 aromatic rings. The molecule has 2 aromatic carbocycles. The normalized spacial score (nSPS) is 16.0. The molecule has 1 atom stereocenters. The summed E-state index contributed by atoms with van der Waals surface area (Å²) in [4.78, 5) is 12.5. The summed E-state index contributed by atoms with van der Waals surface area (Å²) in [6.45, 7) is 5.22. The number of hydrogen-bond donors (Lipinski definition) is 1. The van der Waals surface area contributed by atoms with Gasteiger partial charge in [-0.1, -0.05) is 65.9 Å². The number of rotatable bonds is 8. The van der Waals surface area contributed by atoms with Crippen LogP contribution >= 0.6 is 39.9 Å². The molecule has 1 aliphatic heterocycles. The number of halogens is 1. The molecule has 1 fully saturated rings. The van der Waals surface area contributed by atoms with Crippen LogP contribution in [0.25, 0.3) is 6.08 Å². The van der Waals surface area contributed by atoms with E-state index < -0.39 is 0 Å². The summed E-state index contributed by atoms with van der Waals surface area (Å²) < 4.78 is 13.1. The summed E-state index contributed by atoms with van der Waals surface area (Å²) in [5.41, 5.74) is 2.12. The smallest absolute Gasteiger partial charge is 0.263 e. The molecule has 0 saturated carbocycles. The maximum Gasteiger partial charge on any atom is 0.263 e. The number of amides is 1. The van der Waals surface area contributed by atoms with Crippen molar-refractivity contribution in [3.8, 4) is 11.5 Å². The van der Waals surface area contributed by atoms with Gasteiger partial charge in [0.2, 0.25) is 0 Å². The van der Waals surface area contributed by atoms with Crippen molar-refractivity contribution in [2.75, 3.05) is 13.2 Å². The largest absolute Gasteiger partial charge is 0.490 e. The Morgan fingerprint density at radius 1 is 1.17 bits per heavy atom. The monoisotopic (exact) mass is 491 g/mol. The van der Waals surface area contributed by atoms with Crippen LogP contribution in [-0.2, 0) is 4.79 Å². The summed E-state index contributed by atoms with van der Waals surface area (Å²) in [7, 11) is 0. The van der Waals surface area contributed by atoms with Crippen molar-refractivity contribution in [2.24, 2.45) is 0 Å². The number of thioether (sulfide) groups is 1. The van der Waals surface area contributed by atoms with Gasteiger partial charge in [0.25, 0.3) is 5.91 Å². The molecule has 0 bridgehead atoms. The Labute approximate surface area is 189 Å². The fourth-order valence-corrected chi connectivity index (χ4v) is 4.18. The zero-order chi connectivity index (χ0) is 20.8. The summed E-state index contributed by atoms with van der Waals surface area (Å²) in [6, 6.07) is 13.9. The third-order valence-electron chi connectivity index (χ3n) is 4.57. The van der Waals surface area contributed by atoms with Gasteiger partial charge < -0.3 is 14.8 Å². The van der Waals surface area contributed by atoms with Crippen molar-refractivity contribution < 1.29 is 14.3 Å². The van der Waals surface area contributed by atoms with E-state index in [0.717, 1.165) is 22.2 Å². The zero-order valence-electron chi connectivity index (χ0n) is 16.2. The highest BCUT2D eigenvalue weighted by molar-refractivity contribution is 9.10. The van der Waals surface area contributed by atoms with E-state index >= 15 is 0 Å². The molecule has 1 unspecified atom stereocenters. The van der Waals surface area contributed by atoms with Crippen molar-refractivity contribution >= 4 is 56.2 Å². The first-order valence-electron chi connectivity index (χ1n) is 9.36. The molecule has 1 aliphatic rings. The lowest BCUT2D eigenvalue weighted by Gasteiger charge is -2.12. The molecule has 7 heteroatoms. The Kier molecular flexibility index (Phi) is 7.75. The predicted molar refractivity (Wildman–Crippen MR) is 127 cm³/mol. The molecule has 0 aromatic heterocycles. The lowest BCUT2D eigenvalue weighted by Crippen LogP contribution is -2.17. The molecule has 4 nitrogen and oxygen atoms in total. The second-order valence-corrected chi connectivity index (χ2v) is 9.24. The summed E-state index contributed by atoms with van der Waals surface area (Å²) in [6.07, 6.45) is 2.90. The molecule has 1 amide bonds. The molecule has 152 valence electrons. The van der Waals surface area contributed by atoms with Gasteiger partial charge in [-0.25, -0.2) is 0 Å². The van der Waals surface area contributed by atoms with Gasteiger partial charge in [0.05, 0.1) is 4.91 Å². The standard InChI is InChI=1S/C22H22BrNO3S2/c1-3-14(2)15-4-7-18(8-5-15)26-10-11-27-19-9-6-17(23)12-16(19)13-20-21(25)24-22(28)29-20/h4-9,12-14H,3,10-11H2,1-2H3,(H,24,25,28). The number of carbonyl (C=O) groups excluding carboxylic acids is 1. The van der Waals surface area contributed by atoms with Crippen molar-refractivity contribution in [1.82, 2.24) is 5.32 Å². The van der Waals surface area contributed by atoms with E-state index in [0.29, 0.717) is 34.1 Å². The van der Waals surface area contributed by atoms with Crippen LogP contribution in [-0.4, -0.2) is 23.4 Å². The Morgan fingerprint density at radius 3 is 2.55 bits per heavy atom. The van der Waals surface area contributed by atoms with Crippen LogP contribution in [0.3, 0.4) is 0 Å². The fourth-order valence-electron chi connectivity index (χ4n) is 2.77. The second kappa shape index (κ2) is 10.3. The molecule has 1 N–H and O–H groups in total. The van der Waals surface area contributed by atoms with E-state index in [1.54, 1.807) is 6.08 Å². The van der Waals surface area contributed by atoms with E-state index in [4.69, 9.17) is 21.7 Å². The lowest BCUT2D eigenvalue weighted by molar-refractivity contribution is -0.115. The minimum atomic E-state index is -0.185. The number of benzene rings is 2. The highest BCUT2D eigenvalue weighted by Crippen LogP contribution is 2.31. The molecule has 0 aliphatic carbocycles. The molecule has 0 spiro atoms. The minimum Gasteiger partial charge on any atom is -0.490 e. The van der Waals surface area contributed by atoms with Gasteiger partial charge in [-0.15, -0.1) is 0 Å². The van der Waals surface area contributed by atoms with Crippen molar-refractivity contribution in [2.45, 2.75) is 26.2 Å². The average molecular weight is 492 g/mol. The van der Waals surface area contributed by atoms with Gasteiger partial charge >= 0.3 is 0 Å². The Morgan fingerprint density at radius 2 is 1.90 bits per heavy atom. The van der Waals surface area contributed by atoms with Gasteiger partial charge in [0.1, 0.15) is 29.0 Å². The van der Waals surface area contributed by atoms with Gasteiger partial charge in [-0.2, -0.15) is 0 Å². The molecule has 29 heavy (non-hydrogen) atoms. The average Bonchev–Trinajstić information content (AvgIpc) is 3.03. The SMILES string of the molecule is CCC(C)c1ccc(OCCOc2ccc(Br)cc2C=C2SC(=S)NC2=O)cc1. The van der Waals surface area contributed by atoms with Crippen LogP contribution in [0.1, 0.15) is 37.3 Å². The first-order valence-corrected chi connectivity index (χ1v) is 11.4. The maximum atomic E-state index is 11.9. The van der Waals surface area contributed by atoms with Crippen LogP contribution in [0, 0.1) is 0 Å². The van der Waals surface area contributed by atoms with Gasteiger partial charge in [0.15, 0.2) is 0 Å². The number of nitrogens with one attached hydrogen (secondary N) is 1. The Bertz CT molecular complexity index is 928. The van der Waals surface area contributed by atoms with Crippen LogP contribution < -0.4 is 14.8 Å². The van der Waals surface area contributed by atoms with E-state index in [-0.39, 0.29) is 5.91 Å². The number of hydrogen-bond acceptors (Lipinski definition) is 5. The quantitative estimate of drug-likeness (QED) is 0.282. The van der Waals surface area contributed by atoms with Crippen molar-refractivity contribution in [3.05, 3.63) is 63.0 Å². The zero-order valence-corrected chi connectivity index (χ0v) is 19.5. The third-order valence-corrected chi connectivity index (χ3v) is 6.23. The third kappa shape index (κ3) is 6.07. The molecule has 0 radical (unpaired) electrons. The van der Waals surface area contributed by atoms with Crippen LogP contribution in [0.5, 0.6) is 11.5 Å². The topological polar surface area (TPSA) is 47.6 Å². The van der Waals surface area contributed by atoms with Crippen molar-refractivity contribution in [1.29, 1.82) is 0 Å². The first kappa shape index (κ1) is 21.9. The highest BCUT2D eigenvalue weighted by Gasteiger charge is 2.22. The Balaban J connectivity index is 1.59. The number of thiocarbonyl (C=S) groups is 1. The molecule has 1 saturated heterocycles. The van der Waals surface area contributed by atoms with Gasteiger partial charge in [-0.3, -0.25) is 4.79 Å². The molecular weight excluding hydrogens is 470 g/mol. The van der Waals surface area contributed by atoms with E-state index in [2.05, 4.69) is 47.2 Å². The van der Waals surface area contributed by atoms with Gasteiger partial charge in [-0.05, 0) is 54.3 Å². The first-order chi connectivity index (χ1) is 14.0. The van der Waals surface area contributed by atoms with E-state index in [1.807, 2.05) is 30.3 Å².